The molecule has 1 saturated heterocycles. The van der Waals surface area contributed by atoms with Gasteiger partial charge in [0.25, 0.3) is 5.91 Å². The Balaban J connectivity index is 1.50. The zero-order chi connectivity index (χ0) is 33.6. The number of pyridine rings is 1. The van der Waals surface area contributed by atoms with Crippen LogP contribution >= 0.6 is 0 Å². The fraction of sp³-hybridized carbons (Fsp3) is 0.405. The van der Waals surface area contributed by atoms with Gasteiger partial charge in [-0.15, -0.1) is 0 Å². The number of amides is 2. The number of aromatic nitrogens is 2. The van der Waals surface area contributed by atoms with Crippen LogP contribution in [0.15, 0.2) is 54.6 Å². The summed E-state index contributed by atoms with van der Waals surface area (Å²) in [6.07, 6.45) is -0.243. The summed E-state index contributed by atoms with van der Waals surface area (Å²) in [5.41, 5.74) is 5.95. The normalized spacial score (nSPS) is 15.2. The number of carbonyl (C=O) groups is 3. The van der Waals surface area contributed by atoms with Crippen LogP contribution in [-0.4, -0.2) is 62.9 Å². The quantitative estimate of drug-likeness (QED) is 0.248. The Morgan fingerprint density at radius 3 is 2.11 bits per heavy atom. The van der Waals surface area contributed by atoms with Crippen molar-refractivity contribution < 1.29 is 23.9 Å². The summed E-state index contributed by atoms with van der Waals surface area (Å²) in [7, 11) is 0. The minimum atomic E-state index is -0.716. The van der Waals surface area contributed by atoms with Crippen LogP contribution in [0.25, 0.3) is 33.3 Å². The van der Waals surface area contributed by atoms with Crippen molar-refractivity contribution in [3.63, 3.8) is 0 Å². The van der Waals surface area contributed by atoms with Crippen molar-refractivity contribution in [1.82, 2.24) is 19.8 Å². The Hall–Kier alpha value is -4.66. The van der Waals surface area contributed by atoms with Crippen LogP contribution in [0.1, 0.15) is 75.3 Å². The average molecular weight is 625 g/mol. The van der Waals surface area contributed by atoms with E-state index in [1.54, 1.807) is 21.6 Å². The standard InChI is InChI=1S/C37H44N4O5/c1-22-17-28(18-23(2)38-22)25-13-14-30-24(3)32(41(31(30)20-25)35(44)46-37(7,8)9)26-11-10-12-27(19-26)33(42)39-29-15-16-40(21-29)34(43)45-36(4,5)6/h10-14,17-20,29H,15-16,21H2,1-9H3,(H,39,42)/t29-/m1/s1. The number of benzene rings is 2. The summed E-state index contributed by atoms with van der Waals surface area (Å²) in [6, 6.07) is 17.2. The van der Waals surface area contributed by atoms with Gasteiger partial charge in [-0.1, -0.05) is 24.3 Å². The number of carbonyl (C=O) groups excluding carboxylic acids is 3. The molecule has 1 aliphatic rings. The summed E-state index contributed by atoms with van der Waals surface area (Å²) in [5, 5.41) is 3.99. The van der Waals surface area contributed by atoms with E-state index in [-0.39, 0.29) is 18.0 Å². The molecule has 2 aromatic heterocycles. The molecular weight excluding hydrogens is 580 g/mol. The number of hydrogen-bond acceptors (Lipinski definition) is 6. The molecule has 9 heteroatoms. The molecule has 0 saturated carbocycles. The van der Waals surface area contributed by atoms with E-state index in [1.165, 1.54) is 0 Å². The summed E-state index contributed by atoms with van der Waals surface area (Å²) >= 11 is 0. The van der Waals surface area contributed by atoms with Gasteiger partial charge in [-0.25, -0.2) is 14.2 Å². The Morgan fingerprint density at radius 2 is 1.46 bits per heavy atom. The van der Waals surface area contributed by atoms with Crippen LogP contribution in [-0.2, 0) is 9.47 Å². The number of fused-ring (bicyclic) bond motifs is 1. The summed E-state index contributed by atoms with van der Waals surface area (Å²) in [6.45, 7) is 17.8. The number of ether oxygens (including phenoxy) is 2. The lowest BCUT2D eigenvalue weighted by atomic mass is 10.0. The Bertz CT molecular complexity index is 1810. The highest BCUT2D eigenvalue weighted by Crippen LogP contribution is 2.37. The summed E-state index contributed by atoms with van der Waals surface area (Å²) in [4.78, 5) is 46.0. The molecule has 4 aromatic rings. The van der Waals surface area contributed by atoms with E-state index in [0.717, 1.165) is 39.0 Å². The van der Waals surface area contributed by atoms with Crippen LogP contribution in [0.5, 0.6) is 0 Å². The zero-order valence-electron chi connectivity index (χ0n) is 28.3. The van der Waals surface area contributed by atoms with E-state index in [2.05, 4.69) is 16.4 Å². The zero-order valence-corrected chi connectivity index (χ0v) is 28.3. The lowest BCUT2D eigenvalue weighted by molar-refractivity contribution is 0.0289. The first-order valence-corrected chi connectivity index (χ1v) is 15.7. The van der Waals surface area contributed by atoms with Crippen LogP contribution in [0, 0.1) is 20.8 Å². The SMILES string of the molecule is Cc1cc(-c2ccc3c(C)c(-c4cccc(C(=O)N[C@@H]5CCN(C(=O)OC(C)(C)C)C5)c4)n(C(=O)OC(C)(C)C)c3c2)cc(C)n1. The van der Waals surface area contributed by atoms with E-state index in [0.29, 0.717) is 36.3 Å². The third-order valence-corrected chi connectivity index (χ3v) is 7.79. The van der Waals surface area contributed by atoms with Gasteiger partial charge in [-0.3, -0.25) is 9.78 Å². The highest BCUT2D eigenvalue weighted by molar-refractivity contribution is 6.02. The lowest BCUT2D eigenvalue weighted by Gasteiger charge is -2.24. The van der Waals surface area contributed by atoms with E-state index in [1.807, 2.05) is 98.7 Å². The van der Waals surface area contributed by atoms with Gasteiger partial charge in [0.1, 0.15) is 11.2 Å². The Morgan fingerprint density at radius 1 is 0.804 bits per heavy atom. The second-order valence-corrected chi connectivity index (χ2v) is 14.1. The first kappa shape index (κ1) is 32.7. The van der Waals surface area contributed by atoms with Crippen LogP contribution < -0.4 is 5.32 Å². The molecule has 242 valence electrons. The predicted molar refractivity (Wildman–Crippen MR) is 180 cm³/mol. The van der Waals surface area contributed by atoms with E-state index in [9.17, 15) is 14.4 Å². The molecule has 1 aliphatic heterocycles. The van der Waals surface area contributed by atoms with Crippen molar-refractivity contribution >= 4 is 29.0 Å². The molecule has 0 bridgehead atoms. The number of hydrogen-bond donors (Lipinski definition) is 1. The molecule has 1 N–H and O–H groups in total. The van der Waals surface area contributed by atoms with Gasteiger partial charge in [-0.2, -0.15) is 0 Å². The third-order valence-electron chi connectivity index (χ3n) is 7.79. The molecule has 0 aliphatic carbocycles. The first-order chi connectivity index (χ1) is 21.5. The topological polar surface area (TPSA) is 103 Å². The van der Waals surface area contributed by atoms with Gasteiger partial charge in [0.2, 0.25) is 0 Å². The third kappa shape index (κ3) is 7.25. The van der Waals surface area contributed by atoms with Gasteiger partial charge in [0.15, 0.2) is 0 Å². The maximum absolute atomic E-state index is 13.9. The molecule has 0 radical (unpaired) electrons. The largest absolute Gasteiger partial charge is 0.444 e. The lowest BCUT2D eigenvalue weighted by Crippen LogP contribution is -2.40. The van der Waals surface area contributed by atoms with Crippen molar-refractivity contribution in [1.29, 1.82) is 0 Å². The number of aryl methyl sites for hydroxylation is 3. The molecule has 0 unspecified atom stereocenters. The molecule has 2 aromatic carbocycles. The minimum absolute atomic E-state index is 0.197. The summed E-state index contributed by atoms with van der Waals surface area (Å²) in [5.74, 6) is -0.249. The number of rotatable bonds is 4. The van der Waals surface area contributed by atoms with Crippen molar-refractivity contribution in [3.8, 4) is 22.4 Å². The first-order valence-electron chi connectivity index (χ1n) is 15.7. The van der Waals surface area contributed by atoms with Crippen molar-refractivity contribution in [2.45, 2.75) is 86.0 Å². The molecular formula is C37H44N4O5. The van der Waals surface area contributed by atoms with Crippen molar-refractivity contribution in [2.75, 3.05) is 13.1 Å². The average Bonchev–Trinajstić information content (AvgIpc) is 3.53. The van der Waals surface area contributed by atoms with Crippen LogP contribution in [0.2, 0.25) is 0 Å². The smallest absolute Gasteiger partial charge is 0.419 e. The monoisotopic (exact) mass is 624 g/mol. The highest BCUT2D eigenvalue weighted by Gasteiger charge is 2.31. The fourth-order valence-electron chi connectivity index (χ4n) is 5.92. The van der Waals surface area contributed by atoms with Crippen LogP contribution in [0.3, 0.4) is 0 Å². The van der Waals surface area contributed by atoms with E-state index >= 15 is 0 Å². The molecule has 9 nitrogen and oxygen atoms in total. The second kappa shape index (κ2) is 12.3. The molecule has 5 rings (SSSR count). The number of likely N-dealkylation sites (tertiary alicyclic amines) is 1. The van der Waals surface area contributed by atoms with E-state index < -0.39 is 17.3 Å². The van der Waals surface area contributed by atoms with Gasteiger partial charge >= 0.3 is 12.2 Å². The van der Waals surface area contributed by atoms with Gasteiger partial charge < -0.3 is 19.7 Å². The highest BCUT2D eigenvalue weighted by atomic mass is 16.6. The number of nitrogens with one attached hydrogen (secondary N) is 1. The van der Waals surface area contributed by atoms with Crippen molar-refractivity contribution in [2.24, 2.45) is 0 Å². The van der Waals surface area contributed by atoms with E-state index in [4.69, 9.17) is 9.47 Å². The second-order valence-electron chi connectivity index (χ2n) is 14.1. The van der Waals surface area contributed by atoms with Gasteiger partial charge in [-0.05, 0) is 121 Å². The van der Waals surface area contributed by atoms with Gasteiger partial charge in [0, 0.05) is 41.5 Å². The maximum Gasteiger partial charge on any atom is 0.419 e. The molecule has 46 heavy (non-hydrogen) atoms. The maximum atomic E-state index is 13.9. The molecule has 0 spiro atoms. The Labute approximate surface area is 270 Å². The molecule has 1 atom stereocenters. The molecule has 3 heterocycles. The summed E-state index contributed by atoms with van der Waals surface area (Å²) < 4.78 is 13.0. The molecule has 2 amide bonds. The van der Waals surface area contributed by atoms with Gasteiger partial charge in [0.05, 0.1) is 11.2 Å². The Kier molecular flexibility index (Phi) is 8.73. The minimum Gasteiger partial charge on any atom is -0.444 e. The number of nitrogens with zero attached hydrogens (tertiary/aromatic N) is 3. The van der Waals surface area contributed by atoms with Crippen LogP contribution in [0.4, 0.5) is 9.59 Å². The molecule has 1 fully saturated rings. The predicted octanol–water partition coefficient (Wildman–Crippen LogP) is 7.82. The fourth-order valence-corrected chi connectivity index (χ4v) is 5.92. The van der Waals surface area contributed by atoms with Crippen molar-refractivity contribution in [3.05, 3.63) is 77.1 Å².